The predicted molar refractivity (Wildman–Crippen MR) is 97.3 cm³/mol. The highest BCUT2D eigenvalue weighted by Crippen LogP contribution is 2.26. The number of nitrogens with one attached hydrogen (secondary N) is 1. The van der Waals surface area contributed by atoms with Crippen molar-refractivity contribution in [3.05, 3.63) is 53.6 Å². The van der Waals surface area contributed by atoms with Gasteiger partial charge in [-0.25, -0.2) is 0 Å². The van der Waals surface area contributed by atoms with Gasteiger partial charge in [0.15, 0.2) is 0 Å². The Hall–Kier alpha value is -2.37. The van der Waals surface area contributed by atoms with Crippen LogP contribution >= 0.6 is 11.6 Å². The average Bonchev–Trinajstić information content (AvgIpc) is 2.97. The molecule has 1 fully saturated rings. The van der Waals surface area contributed by atoms with Crippen molar-refractivity contribution >= 4 is 29.1 Å². The Morgan fingerprint density at radius 3 is 2.52 bits per heavy atom. The summed E-state index contributed by atoms with van der Waals surface area (Å²) < 4.78 is 0. The molecule has 1 saturated heterocycles. The van der Waals surface area contributed by atoms with Crippen LogP contribution in [0.3, 0.4) is 0 Å². The van der Waals surface area contributed by atoms with Crippen LogP contribution < -0.4 is 5.32 Å². The molecule has 0 unspecified atom stereocenters. The van der Waals surface area contributed by atoms with Crippen LogP contribution in [0.4, 0.5) is 5.69 Å². The number of aliphatic hydroxyl groups is 1. The lowest BCUT2D eigenvalue weighted by Gasteiger charge is -2.22. The van der Waals surface area contributed by atoms with Crippen LogP contribution in [0.2, 0.25) is 5.02 Å². The molecule has 5 nitrogen and oxygen atoms in total. The van der Waals surface area contributed by atoms with E-state index in [1.165, 1.54) is 11.8 Å². The number of β-amino-alcohol motifs (C(OH)–C–C–N with tert-alkyl or cyclic N) is 1. The van der Waals surface area contributed by atoms with Crippen molar-refractivity contribution < 1.29 is 14.7 Å². The summed E-state index contributed by atoms with van der Waals surface area (Å²) in [5.74, 6) is -0.514. The number of benzene rings is 2. The van der Waals surface area contributed by atoms with Gasteiger partial charge in [-0.1, -0.05) is 35.9 Å². The van der Waals surface area contributed by atoms with E-state index in [9.17, 15) is 14.7 Å². The minimum absolute atomic E-state index is 0.190. The monoisotopic (exact) mass is 358 g/mol. The summed E-state index contributed by atoms with van der Waals surface area (Å²) in [5, 5.41) is 13.2. The summed E-state index contributed by atoms with van der Waals surface area (Å²) in [5.41, 5.74) is 2.51. The Morgan fingerprint density at radius 2 is 1.84 bits per heavy atom. The normalized spacial score (nSPS) is 19.7. The van der Waals surface area contributed by atoms with Crippen LogP contribution in [0, 0.1) is 0 Å². The molecule has 0 aromatic heterocycles. The van der Waals surface area contributed by atoms with E-state index >= 15 is 0 Å². The van der Waals surface area contributed by atoms with E-state index in [0.29, 0.717) is 10.7 Å². The Bertz CT molecular complexity index is 809. The lowest BCUT2D eigenvalue weighted by Crippen LogP contribution is -2.42. The largest absolute Gasteiger partial charge is 0.391 e. The molecule has 3 rings (SSSR count). The third kappa shape index (κ3) is 4.00. The highest BCUT2D eigenvalue weighted by Gasteiger charge is 2.37. The fraction of sp³-hybridized carbons (Fsp3) is 0.263. The number of hydrogen-bond acceptors (Lipinski definition) is 3. The standard InChI is InChI=1S/C19H19ClN2O3/c1-12(23)22-11-17(24)10-18(22)19(25)21-16-7-3-5-14(9-16)13-4-2-6-15(20)8-13/h2-9,17-18,24H,10-11H2,1H3,(H,21,25)/t17-,18+/m0/s1. The van der Waals surface area contributed by atoms with Gasteiger partial charge in [0.1, 0.15) is 6.04 Å². The second-order valence-corrected chi connectivity index (χ2v) is 6.59. The van der Waals surface area contributed by atoms with E-state index in [1.807, 2.05) is 36.4 Å². The molecule has 0 bridgehead atoms. The lowest BCUT2D eigenvalue weighted by molar-refractivity contribution is -0.134. The molecule has 2 N–H and O–H groups in total. The molecule has 0 spiro atoms. The van der Waals surface area contributed by atoms with Gasteiger partial charge in [-0.05, 0) is 35.4 Å². The number of nitrogens with zero attached hydrogens (tertiary/aromatic N) is 1. The molecule has 1 aliphatic rings. The predicted octanol–water partition coefficient (Wildman–Crippen LogP) is 2.93. The number of anilines is 1. The highest BCUT2D eigenvalue weighted by molar-refractivity contribution is 6.30. The first-order chi connectivity index (χ1) is 11.9. The van der Waals surface area contributed by atoms with E-state index in [2.05, 4.69) is 5.32 Å². The topological polar surface area (TPSA) is 69.6 Å². The van der Waals surface area contributed by atoms with Crippen LogP contribution in [0.1, 0.15) is 13.3 Å². The van der Waals surface area contributed by atoms with Gasteiger partial charge in [-0.15, -0.1) is 0 Å². The number of likely N-dealkylation sites (tertiary alicyclic amines) is 1. The van der Waals surface area contributed by atoms with Crippen molar-refractivity contribution in [2.75, 3.05) is 11.9 Å². The van der Waals surface area contributed by atoms with Gasteiger partial charge in [0, 0.05) is 30.6 Å². The van der Waals surface area contributed by atoms with E-state index in [1.54, 1.807) is 12.1 Å². The molecule has 1 heterocycles. The minimum atomic E-state index is -0.669. The molecule has 2 aromatic rings. The van der Waals surface area contributed by atoms with Crippen molar-refractivity contribution in [3.8, 4) is 11.1 Å². The third-order valence-electron chi connectivity index (χ3n) is 4.27. The number of hydrogen-bond donors (Lipinski definition) is 2. The summed E-state index contributed by atoms with van der Waals surface area (Å²) in [7, 11) is 0. The second kappa shape index (κ2) is 7.25. The summed E-state index contributed by atoms with van der Waals surface area (Å²) >= 11 is 6.03. The zero-order valence-electron chi connectivity index (χ0n) is 13.8. The Kier molecular flexibility index (Phi) is 5.06. The smallest absolute Gasteiger partial charge is 0.247 e. The van der Waals surface area contributed by atoms with Gasteiger partial charge in [0.2, 0.25) is 11.8 Å². The Morgan fingerprint density at radius 1 is 1.16 bits per heavy atom. The van der Waals surface area contributed by atoms with Crippen LogP contribution in [0.25, 0.3) is 11.1 Å². The quantitative estimate of drug-likeness (QED) is 0.886. The number of aliphatic hydroxyl groups excluding tert-OH is 1. The first kappa shape index (κ1) is 17.5. The summed E-state index contributed by atoms with van der Waals surface area (Å²) in [4.78, 5) is 25.6. The van der Waals surface area contributed by atoms with Gasteiger partial charge >= 0.3 is 0 Å². The zero-order valence-corrected chi connectivity index (χ0v) is 14.5. The molecular weight excluding hydrogens is 340 g/mol. The van der Waals surface area contributed by atoms with Crippen molar-refractivity contribution in [3.63, 3.8) is 0 Å². The molecular formula is C19H19ClN2O3. The number of halogens is 1. The van der Waals surface area contributed by atoms with Gasteiger partial charge in [-0.2, -0.15) is 0 Å². The summed E-state index contributed by atoms with van der Waals surface area (Å²) in [6.45, 7) is 1.59. The summed E-state index contributed by atoms with van der Waals surface area (Å²) in [6, 6.07) is 14.2. The maximum atomic E-state index is 12.5. The Balaban J connectivity index is 1.78. The van der Waals surface area contributed by atoms with Gasteiger partial charge in [0.05, 0.1) is 6.10 Å². The fourth-order valence-corrected chi connectivity index (χ4v) is 3.27. The minimum Gasteiger partial charge on any atom is -0.391 e. The van der Waals surface area contributed by atoms with Gasteiger partial charge in [-0.3, -0.25) is 9.59 Å². The molecule has 1 aliphatic heterocycles. The van der Waals surface area contributed by atoms with Crippen LogP contribution in [-0.4, -0.2) is 40.5 Å². The zero-order chi connectivity index (χ0) is 18.0. The number of rotatable bonds is 3. The van der Waals surface area contributed by atoms with E-state index in [0.717, 1.165) is 11.1 Å². The van der Waals surface area contributed by atoms with Crippen molar-refractivity contribution in [2.24, 2.45) is 0 Å². The van der Waals surface area contributed by atoms with Crippen molar-refractivity contribution in [1.29, 1.82) is 0 Å². The molecule has 25 heavy (non-hydrogen) atoms. The van der Waals surface area contributed by atoms with Crippen LogP contribution in [0.15, 0.2) is 48.5 Å². The second-order valence-electron chi connectivity index (χ2n) is 6.16. The SMILES string of the molecule is CC(=O)N1C[C@@H](O)C[C@@H]1C(=O)Nc1cccc(-c2cccc(Cl)c2)c1. The van der Waals surface area contributed by atoms with Crippen LogP contribution in [0.5, 0.6) is 0 Å². The molecule has 6 heteroatoms. The number of amides is 2. The number of carbonyl (C=O) groups excluding carboxylic acids is 2. The van der Waals surface area contributed by atoms with Gasteiger partial charge in [0.25, 0.3) is 0 Å². The number of carbonyl (C=O) groups is 2. The first-order valence-electron chi connectivity index (χ1n) is 8.06. The van der Waals surface area contributed by atoms with Crippen LogP contribution in [-0.2, 0) is 9.59 Å². The van der Waals surface area contributed by atoms with Crippen molar-refractivity contribution in [2.45, 2.75) is 25.5 Å². The average molecular weight is 359 g/mol. The fourth-order valence-electron chi connectivity index (χ4n) is 3.08. The molecule has 0 saturated carbocycles. The van der Waals surface area contributed by atoms with Crippen molar-refractivity contribution in [1.82, 2.24) is 4.90 Å². The van der Waals surface area contributed by atoms with Gasteiger partial charge < -0.3 is 15.3 Å². The third-order valence-corrected chi connectivity index (χ3v) is 4.51. The molecule has 2 aromatic carbocycles. The lowest BCUT2D eigenvalue weighted by atomic mass is 10.1. The maximum absolute atomic E-state index is 12.5. The molecule has 2 amide bonds. The van der Waals surface area contributed by atoms with E-state index in [-0.39, 0.29) is 24.8 Å². The molecule has 0 aliphatic carbocycles. The molecule has 0 radical (unpaired) electrons. The Labute approximate surface area is 151 Å². The van der Waals surface area contributed by atoms with E-state index < -0.39 is 12.1 Å². The molecule has 130 valence electrons. The molecule has 2 atom stereocenters. The van der Waals surface area contributed by atoms with E-state index in [4.69, 9.17) is 11.6 Å². The first-order valence-corrected chi connectivity index (χ1v) is 8.44. The highest BCUT2D eigenvalue weighted by atomic mass is 35.5. The maximum Gasteiger partial charge on any atom is 0.247 e. The summed E-state index contributed by atoms with van der Waals surface area (Å²) in [6.07, 6.45) is -0.420.